The molecule has 17 nitrogen and oxygen atoms in total. The van der Waals surface area contributed by atoms with Crippen molar-refractivity contribution in [3.8, 4) is 0 Å². The summed E-state index contributed by atoms with van der Waals surface area (Å²) in [5.74, 6) is -5.69. The molecular formula is C41H58F2N4O13Si. The molecule has 3 fully saturated rings. The Balaban J connectivity index is 1.27. The Morgan fingerprint density at radius 2 is 1.75 bits per heavy atom. The Labute approximate surface area is 355 Å². The summed E-state index contributed by atoms with van der Waals surface area (Å²) in [6.45, 7) is 15.0. The van der Waals surface area contributed by atoms with Crippen molar-refractivity contribution in [2.24, 2.45) is 5.73 Å². The number of carbonyl (C=O) groups excluding carboxylic acids is 4. The zero-order valence-corrected chi connectivity index (χ0v) is 37.0. The maximum absolute atomic E-state index is 14.4. The minimum atomic E-state index is -2.70. The van der Waals surface area contributed by atoms with Crippen LogP contribution in [0.25, 0.3) is 0 Å². The molecule has 4 aliphatic heterocycles. The maximum atomic E-state index is 14.4. The SMILES string of the molecule is CO[C@H]1[C@@H](O[Si](C)(C)C(C)(C)C)[C@H](N2C=CCN(C(C)OC(=O)OC3CCCCC3)C2=O)O[C@@H]1[C@@H](O[C@H]1OC(C(=O)Nc2ccc(F)c(F)c2)=C[C@@H]2OC(C)(C)O[C@H]12)C(N)=O. The van der Waals surface area contributed by atoms with E-state index in [4.69, 9.17) is 48.1 Å². The highest BCUT2D eigenvalue weighted by atomic mass is 28.4. The van der Waals surface area contributed by atoms with Crippen LogP contribution in [-0.2, 0) is 51.9 Å². The van der Waals surface area contributed by atoms with Gasteiger partial charge in [-0.05, 0) is 88.9 Å². The zero-order valence-electron chi connectivity index (χ0n) is 36.0. The van der Waals surface area contributed by atoms with Crippen LogP contribution in [-0.4, -0.2) is 123 Å². The number of ether oxygens (including phenoxy) is 8. The number of methoxy groups -OCH3 is 1. The summed E-state index contributed by atoms with van der Waals surface area (Å²) < 4.78 is 82.8. The Morgan fingerprint density at radius 1 is 1.05 bits per heavy atom. The molecule has 1 saturated carbocycles. The standard InChI is InChI=1S/C41H58F2N4O13Si/c1-22(53-39(51)54-24-14-11-10-12-15-24)46-18-13-19-47(38(46)50)36-33(60-61(8,9)40(2,3)4)30(52-7)31(56-36)32(34(44)48)57-37-29-27(58-41(5,6)59-29)21-28(55-37)35(49)45-23-16-17-25(42)26(43)20-23/h13,16-17,19-22,24,27,29-33,36-37H,10-12,14-15,18H2,1-9H3,(H2,44,48)(H,45,49)/t22?,27-,29-,30+,31-,32+,33+,36+,37+/m0/s1. The summed E-state index contributed by atoms with van der Waals surface area (Å²) in [6, 6.07) is 2.23. The van der Waals surface area contributed by atoms with E-state index in [0.29, 0.717) is 0 Å². The molecule has 1 unspecified atom stereocenters. The summed E-state index contributed by atoms with van der Waals surface area (Å²) >= 11 is 0. The molecule has 1 aliphatic carbocycles. The highest BCUT2D eigenvalue weighted by Crippen LogP contribution is 2.43. The van der Waals surface area contributed by atoms with Crippen molar-refractivity contribution in [1.82, 2.24) is 9.80 Å². The van der Waals surface area contributed by atoms with E-state index in [1.165, 1.54) is 35.3 Å². The van der Waals surface area contributed by atoms with E-state index >= 15 is 0 Å². The summed E-state index contributed by atoms with van der Waals surface area (Å²) in [5, 5.41) is 2.12. The topological polar surface area (TPSA) is 196 Å². The Hall–Kier alpha value is -4.18. The molecule has 4 heterocycles. The number of rotatable bonds is 13. The minimum Gasteiger partial charge on any atom is -0.456 e. The third kappa shape index (κ3) is 10.4. The molecule has 5 aliphatic rings. The third-order valence-corrected chi connectivity index (χ3v) is 16.3. The van der Waals surface area contributed by atoms with Crippen LogP contribution < -0.4 is 11.1 Å². The lowest BCUT2D eigenvalue weighted by Crippen LogP contribution is -2.58. The van der Waals surface area contributed by atoms with Gasteiger partial charge in [0.2, 0.25) is 12.2 Å². The van der Waals surface area contributed by atoms with E-state index in [2.05, 4.69) is 5.32 Å². The number of nitrogens with one attached hydrogen (secondary N) is 1. The first-order valence-corrected chi connectivity index (χ1v) is 23.4. The molecule has 0 bridgehead atoms. The van der Waals surface area contributed by atoms with Crippen LogP contribution in [0.4, 0.5) is 24.1 Å². The first kappa shape index (κ1) is 46.3. The van der Waals surface area contributed by atoms with Crippen LogP contribution in [0.1, 0.15) is 73.6 Å². The number of anilines is 1. The predicted molar refractivity (Wildman–Crippen MR) is 214 cm³/mol. The first-order valence-electron chi connectivity index (χ1n) is 20.5. The second-order valence-corrected chi connectivity index (χ2v) is 22.5. The fourth-order valence-electron chi connectivity index (χ4n) is 7.64. The number of fused-ring (bicyclic) bond motifs is 1. The highest BCUT2D eigenvalue weighted by molar-refractivity contribution is 6.74. The molecule has 4 amide bonds. The van der Waals surface area contributed by atoms with Crippen LogP contribution in [0.3, 0.4) is 0 Å². The van der Waals surface area contributed by atoms with E-state index in [1.54, 1.807) is 26.8 Å². The Morgan fingerprint density at radius 3 is 2.39 bits per heavy atom. The number of carbonyl (C=O) groups is 4. The molecule has 0 radical (unpaired) electrons. The van der Waals surface area contributed by atoms with Crippen molar-refractivity contribution in [3.63, 3.8) is 0 Å². The molecule has 3 N–H and O–H groups in total. The molecule has 9 atom stereocenters. The van der Waals surface area contributed by atoms with E-state index in [0.717, 1.165) is 44.2 Å². The van der Waals surface area contributed by atoms with E-state index < -0.39 is 105 Å². The molecule has 20 heteroatoms. The van der Waals surface area contributed by atoms with Gasteiger partial charge in [0.05, 0.1) is 0 Å². The van der Waals surface area contributed by atoms with Gasteiger partial charge in [0.1, 0.15) is 30.5 Å². The van der Waals surface area contributed by atoms with E-state index in [-0.39, 0.29) is 29.1 Å². The van der Waals surface area contributed by atoms with Crippen molar-refractivity contribution in [1.29, 1.82) is 0 Å². The van der Waals surface area contributed by atoms with Gasteiger partial charge in [-0.1, -0.05) is 27.2 Å². The van der Waals surface area contributed by atoms with Gasteiger partial charge in [0, 0.05) is 31.6 Å². The fourth-order valence-corrected chi connectivity index (χ4v) is 8.93. The molecule has 1 aromatic rings. The predicted octanol–water partition coefficient (Wildman–Crippen LogP) is 5.75. The lowest BCUT2D eigenvalue weighted by atomic mass is 9.98. The lowest BCUT2D eigenvalue weighted by Gasteiger charge is -2.43. The Kier molecular flexibility index (Phi) is 13.9. The number of benzene rings is 1. The van der Waals surface area contributed by atoms with Gasteiger partial charge in [-0.3, -0.25) is 19.4 Å². The number of hydrogen-bond acceptors (Lipinski definition) is 13. The van der Waals surface area contributed by atoms with Gasteiger partial charge in [0.15, 0.2) is 56.2 Å². The number of nitrogens with zero attached hydrogens (tertiary/aromatic N) is 2. The number of primary amides is 1. The Bertz CT molecular complexity index is 1870. The zero-order chi connectivity index (χ0) is 44.6. The molecule has 0 spiro atoms. The van der Waals surface area contributed by atoms with Gasteiger partial charge < -0.3 is 53.4 Å². The van der Waals surface area contributed by atoms with Crippen molar-refractivity contribution in [3.05, 3.63) is 53.9 Å². The summed E-state index contributed by atoms with van der Waals surface area (Å²) in [6.07, 6.45) is -3.01. The van der Waals surface area contributed by atoms with E-state index in [9.17, 15) is 28.0 Å². The molecule has 61 heavy (non-hydrogen) atoms. The van der Waals surface area contributed by atoms with Crippen molar-refractivity contribution in [2.75, 3.05) is 19.0 Å². The highest BCUT2D eigenvalue weighted by Gasteiger charge is 2.59. The van der Waals surface area contributed by atoms with Crippen molar-refractivity contribution < 1.29 is 70.3 Å². The van der Waals surface area contributed by atoms with Crippen LogP contribution >= 0.6 is 0 Å². The van der Waals surface area contributed by atoms with Crippen LogP contribution in [0.15, 0.2) is 42.3 Å². The molecule has 0 aromatic heterocycles. The average Bonchev–Trinajstić information content (AvgIpc) is 3.69. The third-order valence-electron chi connectivity index (χ3n) is 11.8. The van der Waals surface area contributed by atoms with Gasteiger partial charge in [-0.2, -0.15) is 0 Å². The van der Waals surface area contributed by atoms with E-state index in [1.807, 2.05) is 33.9 Å². The molecule has 338 valence electrons. The number of nitrogens with two attached hydrogens (primary N) is 1. The lowest BCUT2D eigenvalue weighted by molar-refractivity contribution is -0.241. The van der Waals surface area contributed by atoms with Crippen LogP contribution in [0.2, 0.25) is 18.1 Å². The smallest absolute Gasteiger partial charge is 0.456 e. The molecule has 6 rings (SSSR count). The molecule has 1 aromatic carbocycles. The van der Waals surface area contributed by atoms with Crippen molar-refractivity contribution in [2.45, 2.75) is 159 Å². The maximum Gasteiger partial charge on any atom is 0.510 e. The second kappa shape index (κ2) is 18.3. The summed E-state index contributed by atoms with van der Waals surface area (Å²) in [4.78, 5) is 56.7. The molecular weight excluding hydrogens is 823 g/mol. The number of halogens is 2. The second-order valence-electron chi connectivity index (χ2n) is 17.7. The number of hydrogen-bond donors (Lipinski definition) is 2. The normalized spacial score (nSPS) is 29.0. The van der Waals surface area contributed by atoms with Crippen molar-refractivity contribution >= 4 is 38.0 Å². The average molecular weight is 881 g/mol. The van der Waals surface area contributed by atoms with Crippen LogP contribution in [0, 0.1) is 11.6 Å². The first-order chi connectivity index (χ1) is 28.6. The summed E-state index contributed by atoms with van der Waals surface area (Å²) in [5.41, 5.74) is 5.99. The quantitative estimate of drug-likeness (QED) is 0.180. The summed E-state index contributed by atoms with van der Waals surface area (Å²) in [7, 11) is -1.31. The van der Waals surface area contributed by atoms with Crippen LogP contribution in [0.5, 0.6) is 0 Å². The fraction of sp³-hybridized carbons (Fsp3) is 0.659. The minimum absolute atomic E-state index is 0.0618. The van der Waals surface area contributed by atoms with Gasteiger partial charge in [-0.25, -0.2) is 18.4 Å². The van der Waals surface area contributed by atoms with Gasteiger partial charge >= 0.3 is 12.2 Å². The van der Waals surface area contributed by atoms with Gasteiger partial charge in [0.25, 0.3) is 5.91 Å². The number of urea groups is 1. The monoisotopic (exact) mass is 880 g/mol. The number of amides is 4. The largest absolute Gasteiger partial charge is 0.510 e. The molecule has 2 saturated heterocycles. The van der Waals surface area contributed by atoms with Gasteiger partial charge in [-0.15, -0.1) is 0 Å².